The molecule has 6 heteroatoms. The van der Waals surface area contributed by atoms with Gasteiger partial charge in [0.25, 0.3) is 0 Å². The minimum absolute atomic E-state index is 0.286. The first-order valence-electron chi connectivity index (χ1n) is 6.60. The third kappa shape index (κ3) is 2.41. The Labute approximate surface area is 124 Å². The molecule has 21 heavy (non-hydrogen) atoms. The maximum atomic E-state index is 12.7. The van der Waals surface area contributed by atoms with Crippen molar-refractivity contribution in [2.75, 3.05) is 7.11 Å². The summed E-state index contributed by atoms with van der Waals surface area (Å²) in [5.41, 5.74) is 2.59. The van der Waals surface area contributed by atoms with Crippen molar-refractivity contribution >= 4 is 10.0 Å². The van der Waals surface area contributed by atoms with Crippen LogP contribution in [0.3, 0.4) is 0 Å². The summed E-state index contributed by atoms with van der Waals surface area (Å²) in [7, 11) is -1.95. The van der Waals surface area contributed by atoms with Gasteiger partial charge in [0, 0.05) is 12.7 Å². The Morgan fingerprint density at radius 3 is 2.71 bits per heavy atom. The molecule has 0 bridgehead atoms. The normalized spacial score (nSPS) is 15.0. The molecule has 0 radical (unpaired) electrons. The summed E-state index contributed by atoms with van der Waals surface area (Å²) in [4.78, 5) is 4.52. The number of aromatic nitrogens is 1. The van der Waals surface area contributed by atoms with E-state index in [1.807, 2.05) is 19.1 Å². The Morgan fingerprint density at radius 1 is 1.24 bits per heavy atom. The standard InChI is InChI=1S/C15H16N2O3S/c1-11-8-13(5-6-15(11)20-2)21(18,19)17-9-12-4-3-7-16-14(12)10-17/h3-8H,9-10H2,1-2H3. The van der Waals surface area contributed by atoms with Crippen molar-refractivity contribution in [3.63, 3.8) is 0 Å². The maximum absolute atomic E-state index is 12.7. The lowest BCUT2D eigenvalue weighted by Crippen LogP contribution is -2.25. The van der Waals surface area contributed by atoms with Gasteiger partial charge in [-0.3, -0.25) is 4.98 Å². The fourth-order valence-corrected chi connectivity index (χ4v) is 3.97. The highest BCUT2D eigenvalue weighted by molar-refractivity contribution is 7.89. The lowest BCUT2D eigenvalue weighted by molar-refractivity contribution is 0.410. The molecule has 5 nitrogen and oxygen atoms in total. The molecule has 3 rings (SSSR count). The van der Waals surface area contributed by atoms with Crippen molar-refractivity contribution in [2.45, 2.75) is 24.9 Å². The number of benzene rings is 1. The molecule has 1 aromatic heterocycles. The lowest BCUT2D eigenvalue weighted by atomic mass is 10.2. The number of hydrogen-bond donors (Lipinski definition) is 0. The number of pyridine rings is 1. The van der Waals surface area contributed by atoms with Crippen LogP contribution in [0.1, 0.15) is 16.8 Å². The third-order valence-corrected chi connectivity index (χ3v) is 5.45. The van der Waals surface area contributed by atoms with E-state index in [9.17, 15) is 8.42 Å². The van der Waals surface area contributed by atoms with Crippen LogP contribution in [0.4, 0.5) is 0 Å². The van der Waals surface area contributed by atoms with Gasteiger partial charge in [-0.25, -0.2) is 8.42 Å². The molecular formula is C15H16N2O3S. The second-order valence-electron chi connectivity index (χ2n) is 5.01. The predicted octanol–water partition coefficient (Wildman–Crippen LogP) is 2.10. The third-order valence-electron chi connectivity index (χ3n) is 3.66. The Hall–Kier alpha value is -1.92. The van der Waals surface area contributed by atoms with E-state index in [4.69, 9.17) is 4.74 Å². The van der Waals surface area contributed by atoms with Crippen molar-refractivity contribution in [1.29, 1.82) is 0 Å². The fraction of sp³-hybridized carbons (Fsp3) is 0.267. The largest absolute Gasteiger partial charge is 0.496 e. The number of ether oxygens (including phenoxy) is 1. The average molecular weight is 304 g/mol. The Balaban J connectivity index is 1.94. The van der Waals surface area contributed by atoms with Crippen molar-refractivity contribution < 1.29 is 13.2 Å². The molecule has 1 aliphatic heterocycles. The van der Waals surface area contributed by atoms with Gasteiger partial charge < -0.3 is 4.74 Å². The van der Waals surface area contributed by atoms with E-state index in [0.29, 0.717) is 18.8 Å². The molecule has 0 saturated heterocycles. The van der Waals surface area contributed by atoms with Gasteiger partial charge in [-0.1, -0.05) is 6.07 Å². The molecule has 0 spiro atoms. The molecule has 0 N–H and O–H groups in total. The topological polar surface area (TPSA) is 59.5 Å². The molecule has 1 aromatic carbocycles. The number of sulfonamides is 1. The highest BCUT2D eigenvalue weighted by Gasteiger charge is 2.31. The van der Waals surface area contributed by atoms with Crippen LogP contribution in [0.15, 0.2) is 41.4 Å². The first-order valence-corrected chi connectivity index (χ1v) is 8.04. The van der Waals surface area contributed by atoms with E-state index in [1.54, 1.807) is 31.5 Å². The van der Waals surface area contributed by atoms with Gasteiger partial charge in [0.15, 0.2) is 0 Å². The molecule has 2 heterocycles. The van der Waals surface area contributed by atoms with Gasteiger partial charge in [-0.2, -0.15) is 4.31 Å². The molecule has 110 valence electrons. The molecule has 0 unspecified atom stereocenters. The number of rotatable bonds is 3. The van der Waals surface area contributed by atoms with Crippen molar-refractivity contribution in [3.05, 3.63) is 53.3 Å². The fourth-order valence-electron chi connectivity index (χ4n) is 2.50. The molecule has 2 aromatic rings. The predicted molar refractivity (Wildman–Crippen MR) is 78.4 cm³/mol. The first-order chi connectivity index (χ1) is 10.0. The SMILES string of the molecule is COc1ccc(S(=O)(=O)N2Cc3cccnc3C2)cc1C. The van der Waals surface area contributed by atoms with E-state index in [2.05, 4.69) is 4.98 Å². The Bertz CT molecular complexity index is 762. The van der Waals surface area contributed by atoms with Crippen molar-refractivity contribution in [2.24, 2.45) is 0 Å². The van der Waals surface area contributed by atoms with Gasteiger partial charge in [-0.15, -0.1) is 0 Å². The van der Waals surface area contributed by atoms with Crippen LogP contribution < -0.4 is 4.74 Å². The van der Waals surface area contributed by atoms with E-state index >= 15 is 0 Å². The van der Waals surface area contributed by atoms with Gasteiger partial charge in [0.05, 0.1) is 24.2 Å². The van der Waals surface area contributed by atoms with Crippen LogP contribution in [0.2, 0.25) is 0 Å². The number of methoxy groups -OCH3 is 1. The highest BCUT2D eigenvalue weighted by atomic mass is 32.2. The highest BCUT2D eigenvalue weighted by Crippen LogP contribution is 2.29. The Morgan fingerprint density at radius 2 is 2.05 bits per heavy atom. The summed E-state index contributed by atoms with van der Waals surface area (Å²) < 4.78 is 32.0. The van der Waals surface area contributed by atoms with Gasteiger partial charge in [-0.05, 0) is 42.3 Å². The van der Waals surface area contributed by atoms with Crippen LogP contribution in [0.5, 0.6) is 5.75 Å². The number of hydrogen-bond acceptors (Lipinski definition) is 4. The van der Waals surface area contributed by atoms with Crippen LogP contribution >= 0.6 is 0 Å². The smallest absolute Gasteiger partial charge is 0.243 e. The zero-order chi connectivity index (χ0) is 15.0. The zero-order valence-corrected chi connectivity index (χ0v) is 12.7. The molecule has 0 aliphatic carbocycles. The zero-order valence-electron chi connectivity index (χ0n) is 11.9. The van der Waals surface area contributed by atoms with E-state index in [-0.39, 0.29) is 4.90 Å². The van der Waals surface area contributed by atoms with Gasteiger partial charge in [0.2, 0.25) is 10.0 Å². The minimum atomic E-state index is -3.52. The summed E-state index contributed by atoms with van der Waals surface area (Å²) in [6.45, 7) is 2.53. The van der Waals surface area contributed by atoms with Crippen LogP contribution in [0, 0.1) is 6.92 Å². The summed E-state index contributed by atoms with van der Waals surface area (Å²) in [5.74, 6) is 0.681. The second kappa shape index (κ2) is 5.13. The minimum Gasteiger partial charge on any atom is -0.496 e. The molecule has 0 atom stereocenters. The van der Waals surface area contributed by atoms with E-state index in [0.717, 1.165) is 16.8 Å². The summed E-state index contributed by atoms with van der Waals surface area (Å²) in [6, 6.07) is 8.65. The number of nitrogens with zero attached hydrogens (tertiary/aromatic N) is 2. The van der Waals surface area contributed by atoms with Crippen LogP contribution in [-0.2, 0) is 23.1 Å². The quantitative estimate of drug-likeness (QED) is 0.871. The number of fused-ring (bicyclic) bond motifs is 1. The van der Waals surface area contributed by atoms with Crippen molar-refractivity contribution in [3.8, 4) is 5.75 Å². The summed E-state index contributed by atoms with van der Waals surface area (Å²) in [5, 5.41) is 0. The monoisotopic (exact) mass is 304 g/mol. The Kier molecular flexibility index (Phi) is 3.43. The molecule has 0 saturated carbocycles. The van der Waals surface area contributed by atoms with Crippen LogP contribution in [0.25, 0.3) is 0 Å². The first kappa shape index (κ1) is 14.0. The van der Waals surface area contributed by atoms with E-state index < -0.39 is 10.0 Å². The number of aryl methyl sites for hydroxylation is 1. The average Bonchev–Trinajstić information content (AvgIpc) is 2.92. The molecule has 0 fully saturated rings. The lowest BCUT2D eigenvalue weighted by Gasteiger charge is -2.16. The summed E-state index contributed by atoms with van der Waals surface area (Å²) in [6.07, 6.45) is 1.69. The second-order valence-corrected chi connectivity index (χ2v) is 6.95. The molecule has 0 amide bonds. The van der Waals surface area contributed by atoms with Crippen LogP contribution in [-0.4, -0.2) is 24.8 Å². The molecular weight excluding hydrogens is 288 g/mol. The van der Waals surface area contributed by atoms with E-state index in [1.165, 1.54) is 4.31 Å². The van der Waals surface area contributed by atoms with Gasteiger partial charge in [0.1, 0.15) is 5.75 Å². The van der Waals surface area contributed by atoms with Gasteiger partial charge >= 0.3 is 0 Å². The molecule has 1 aliphatic rings. The van der Waals surface area contributed by atoms with Crippen molar-refractivity contribution in [1.82, 2.24) is 9.29 Å². The summed E-state index contributed by atoms with van der Waals surface area (Å²) >= 11 is 0. The maximum Gasteiger partial charge on any atom is 0.243 e.